The molecule has 0 radical (unpaired) electrons. The summed E-state index contributed by atoms with van der Waals surface area (Å²) in [6.07, 6.45) is 2.60. The van der Waals surface area contributed by atoms with Gasteiger partial charge in [0.15, 0.2) is 0 Å². The van der Waals surface area contributed by atoms with E-state index in [1.165, 1.54) is 7.11 Å². The number of carbonyl (C=O) groups is 2. The first-order chi connectivity index (χ1) is 9.65. The minimum Gasteiger partial charge on any atom is -0.467 e. The van der Waals surface area contributed by atoms with Crippen LogP contribution in [0.5, 0.6) is 0 Å². The van der Waals surface area contributed by atoms with Crippen molar-refractivity contribution in [1.82, 2.24) is 10.3 Å². The first kappa shape index (κ1) is 14.1. The number of carbonyl (C=O) groups excluding carboxylic acids is 2. The van der Waals surface area contributed by atoms with Gasteiger partial charge in [0.2, 0.25) is 5.91 Å². The number of H-pyrrole nitrogens is 1. The molecule has 0 aliphatic rings. The average Bonchev–Trinajstić information content (AvgIpc) is 2.89. The molecule has 0 bridgehead atoms. The second-order valence-electron chi connectivity index (χ2n) is 4.56. The smallest absolute Gasteiger partial charge is 0.328 e. The first-order valence-corrected chi connectivity index (χ1v) is 6.58. The molecular formula is C15H18N2O3. The van der Waals surface area contributed by atoms with Crippen molar-refractivity contribution >= 4 is 22.8 Å². The monoisotopic (exact) mass is 274 g/mol. The lowest BCUT2D eigenvalue weighted by atomic mass is 10.0. The molecule has 0 unspecified atom stereocenters. The number of esters is 1. The SMILES string of the molecule is CCC(=O)N[C@@H](Cc1c[nH]c2ccccc12)C(=O)OC. The van der Waals surface area contributed by atoms with E-state index in [9.17, 15) is 9.59 Å². The lowest BCUT2D eigenvalue weighted by molar-refractivity contribution is -0.145. The van der Waals surface area contributed by atoms with Gasteiger partial charge < -0.3 is 15.0 Å². The molecule has 0 fully saturated rings. The number of hydrogen-bond donors (Lipinski definition) is 2. The van der Waals surface area contributed by atoms with Crippen LogP contribution in [-0.4, -0.2) is 30.0 Å². The zero-order valence-corrected chi connectivity index (χ0v) is 11.6. The quantitative estimate of drug-likeness (QED) is 0.816. The van der Waals surface area contributed by atoms with E-state index in [-0.39, 0.29) is 5.91 Å². The van der Waals surface area contributed by atoms with Crippen molar-refractivity contribution in [1.29, 1.82) is 0 Å². The number of amides is 1. The number of fused-ring (bicyclic) bond motifs is 1. The summed E-state index contributed by atoms with van der Waals surface area (Å²) in [5, 5.41) is 3.74. The molecule has 5 heteroatoms. The van der Waals surface area contributed by atoms with E-state index in [0.717, 1.165) is 16.5 Å². The van der Waals surface area contributed by atoms with Crippen LogP contribution in [0.2, 0.25) is 0 Å². The summed E-state index contributed by atoms with van der Waals surface area (Å²) >= 11 is 0. The van der Waals surface area contributed by atoms with Crippen LogP contribution in [0.4, 0.5) is 0 Å². The van der Waals surface area contributed by atoms with E-state index >= 15 is 0 Å². The van der Waals surface area contributed by atoms with Crippen LogP contribution in [0, 0.1) is 0 Å². The number of benzene rings is 1. The maximum absolute atomic E-state index is 11.8. The van der Waals surface area contributed by atoms with Crippen molar-refractivity contribution in [2.24, 2.45) is 0 Å². The van der Waals surface area contributed by atoms with Gasteiger partial charge >= 0.3 is 5.97 Å². The summed E-state index contributed by atoms with van der Waals surface area (Å²) in [6.45, 7) is 1.75. The molecule has 1 amide bonds. The molecule has 106 valence electrons. The number of nitrogens with one attached hydrogen (secondary N) is 2. The van der Waals surface area contributed by atoms with Gasteiger partial charge in [0.05, 0.1) is 7.11 Å². The van der Waals surface area contributed by atoms with Crippen molar-refractivity contribution in [3.63, 3.8) is 0 Å². The topological polar surface area (TPSA) is 71.2 Å². The van der Waals surface area contributed by atoms with E-state index in [0.29, 0.717) is 12.8 Å². The molecule has 0 saturated carbocycles. The Morgan fingerprint density at radius 3 is 2.80 bits per heavy atom. The first-order valence-electron chi connectivity index (χ1n) is 6.58. The van der Waals surface area contributed by atoms with Crippen LogP contribution in [0.15, 0.2) is 30.5 Å². The number of ether oxygens (including phenoxy) is 1. The van der Waals surface area contributed by atoms with E-state index in [2.05, 4.69) is 10.3 Å². The van der Waals surface area contributed by atoms with Gasteiger partial charge in [-0.25, -0.2) is 4.79 Å². The third-order valence-electron chi connectivity index (χ3n) is 3.24. The molecule has 0 spiro atoms. The Kier molecular flexibility index (Phi) is 4.40. The van der Waals surface area contributed by atoms with E-state index in [4.69, 9.17) is 4.74 Å². The Hall–Kier alpha value is -2.30. The van der Waals surface area contributed by atoms with Crippen molar-refractivity contribution in [2.45, 2.75) is 25.8 Å². The Balaban J connectivity index is 2.22. The summed E-state index contributed by atoms with van der Waals surface area (Å²) in [5.41, 5.74) is 1.99. The van der Waals surface area contributed by atoms with Crippen LogP contribution >= 0.6 is 0 Å². The van der Waals surface area contributed by atoms with Gasteiger partial charge in [-0.05, 0) is 11.6 Å². The zero-order chi connectivity index (χ0) is 14.5. The summed E-state index contributed by atoms with van der Waals surface area (Å²) < 4.78 is 4.75. The number of methoxy groups -OCH3 is 1. The highest BCUT2D eigenvalue weighted by atomic mass is 16.5. The summed E-state index contributed by atoms with van der Waals surface area (Å²) in [6, 6.07) is 7.18. The molecule has 1 aromatic heterocycles. The van der Waals surface area contributed by atoms with E-state index < -0.39 is 12.0 Å². The molecule has 20 heavy (non-hydrogen) atoms. The van der Waals surface area contributed by atoms with Crippen molar-refractivity contribution < 1.29 is 14.3 Å². The molecule has 1 atom stereocenters. The highest BCUT2D eigenvalue weighted by molar-refractivity contribution is 5.87. The summed E-state index contributed by atoms with van der Waals surface area (Å²) in [4.78, 5) is 26.4. The maximum Gasteiger partial charge on any atom is 0.328 e. The van der Waals surface area contributed by atoms with Crippen molar-refractivity contribution in [3.8, 4) is 0 Å². The van der Waals surface area contributed by atoms with Crippen LogP contribution in [0.3, 0.4) is 0 Å². The number of aromatic amines is 1. The minimum absolute atomic E-state index is 0.166. The Labute approximate surface area is 117 Å². The molecule has 0 aliphatic carbocycles. The predicted molar refractivity (Wildman–Crippen MR) is 76.2 cm³/mol. The molecule has 1 aromatic carbocycles. The highest BCUT2D eigenvalue weighted by Crippen LogP contribution is 2.19. The fourth-order valence-corrected chi connectivity index (χ4v) is 2.15. The molecule has 2 rings (SSSR count). The van der Waals surface area contributed by atoms with Gasteiger partial charge in [-0.3, -0.25) is 4.79 Å². The number of hydrogen-bond acceptors (Lipinski definition) is 3. The van der Waals surface area contributed by atoms with Crippen LogP contribution < -0.4 is 5.32 Å². The number of rotatable bonds is 5. The Bertz CT molecular complexity index is 618. The normalized spacial score (nSPS) is 12.1. The summed E-state index contributed by atoms with van der Waals surface area (Å²) in [5.74, 6) is -0.600. The van der Waals surface area contributed by atoms with Crippen LogP contribution in [0.25, 0.3) is 10.9 Å². The zero-order valence-electron chi connectivity index (χ0n) is 11.6. The van der Waals surface area contributed by atoms with Gasteiger partial charge in [0.25, 0.3) is 0 Å². The van der Waals surface area contributed by atoms with Gasteiger partial charge in [-0.2, -0.15) is 0 Å². The standard InChI is InChI=1S/C15H18N2O3/c1-3-14(18)17-13(15(19)20-2)8-10-9-16-12-7-5-4-6-11(10)12/h4-7,9,13,16H,3,8H2,1-2H3,(H,17,18)/t13-/m0/s1. The Morgan fingerprint density at radius 1 is 1.35 bits per heavy atom. The number of para-hydroxylation sites is 1. The lowest BCUT2D eigenvalue weighted by Crippen LogP contribution is -2.42. The average molecular weight is 274 g/mol. The van der Waals surface area contributed by atoms with Gasteiger partial charge in [0.1, 0.15) is 6.04 Å². The second kappa shape index (κ2) is 6.23. The Morgan fingerprint density at radius 2 is 2.10 bits per heavy atom. The third kappa shape index (κ3) is 2.99. The van der Waals surface area contributed by atoms with Crippen LogP contribution in [-0.2, 0) is 20.7 Å². The lowest BCUT2D eigenvalue weighted by Gasteiger charge is -2.15. The van der Waals surface area contributed by atoms with E-state index in [1.807, 2.05) is 30.5 Å². The molecule has 0 saturated heterocycles. The van der Waals surface area contributed by atoms with E-state index in [1.54, 1.807) is 6.92 Å². The maximum atomic E-state index is 11.8. The molecule has 0 aliphatic heterocycles. The molecule has 2 N–H and O–H groups in total. The molecule has 5 nitrogen and oxygen atoms in total. The van der Waals surface area contributed by atoms with Crippen LogP contribution in [0.1, 0.15) is 18.9 Å². The fourth-order valence-electron chi connectivity index (χ4n) is 2.15. The number of aromatic nitrogens is 1. The summed E-state index contributed by atoms with van der Waals surface area (Å²) in [7, 11) is 1.32. The highest BCUT2D eigenvalue weighted by Gasteiger charge is 2.22. The molecule has 2 aromatic rings. The predicted octanol–water partition coefficient (Wildman–Crippen LogP) is 1.78. The van der Waals surface area contributed by atoms with Gasteiger partial charge in [-0.1, -0.05) is 25.1 Å². The largest absolute Gasteiger partial charge is 0.467 e. The second-order valence-corrected chi connectivity index (χ2v) is 4.56. The fraction of sp³-hybridized carbons (Fsp3) is 0.333. The van der Waals surface area contributed by atoms with Gasteiger partial charge in [-0.15, -0.1) is 0 Å². The third-order valence-corrected chi connectivity index (χ3v) is 3.24. The molecule has 1 heterocycles. The minimum atomic E-state index is -0.661. The molecular weight excluding hydrogens is 256 g/mol. The van der Waals surface area contributed by atoms with Crippen molar-refractivity contribution in [2.75, 3.05) is 7.11 Å². The van der Waals surface area contributed by atoms with Crippen molar-refractivity contribution in [3.05, 3.63) is 36.0 Å². The van der Waals surface area contributed by atoms with Gasteiger partial charge in [0, 0.05) is 29.9 Å².